The standard InChI is InChI=1S/C8H8O.CO2/c1-2-4-7(5-3-1)8-6-9-8;2-1-3/h1-5,8H,6H2;. The van der Waals surface area contributed by atoms with Crippen molar-refractivity contribution in [3.63, 3.8) is 0 Å². The molecule has 12 heavy (non-hydrogen) atoms. The van der Waals surface area contributed by atoms with Crippen molar-refractivity contribution in [1.29, 1.82) is 0 Å². The molecule has 1 saturated heterocycles. The van der Waals surface area contributed by atoms with Gasteiger partial charge < -0.3 is 4.74 Å². The molecule has 0 radical (unpaired) electrons. The van der Waals surface area contributed by atoms with Gasteiger partial charge in [0, 0.05) is 0 Å². The fourth-order valence-electron chi connectivity index (χ4n) is 0.908. The molecule has 3 nitrogen and oxygen atoms in total. The van der Waals surface area contributed by atoms with Gasteiger partial charge in [-0.05, 0) is 5.56 Å². The lowest BCUT2D eigenvalue weighted by molar-refractivity contribution is -0.191. The van der Waals surface area contributed by atoms with Crippen molar-refractivity contribution < 1.29 is 14.3 Å². The molecule has 1 unspecified atom stereocenters. The van der Waals surface area contributed by atoms with Crippen LogP contribution in [0.1, 0.15) is 11.7 Å². The van der Waals surface area contributed by atoms with E-state index >= 15 is 0 Å². The molecule has 1 fully saturated rings. The van der Waals surface area contributed by atoms with Crippen molar-refractivity contribution in [2.24, 2.45) is 0 Å². The first kappa shape index (κ1) is 8.65. The van der Waals surface area contributed by atoms with Gasteiger partial charge in [-0.15, -0.1) is 0 Å². The van der Waals surface area contributed by atoms with Crippen LogP contribution in [-0.2, 0) is 14.3 Å². The minimum Gasteiger partial charge on any atom is -0.368 e. The Morgan fingerprint density at radius 2 is 1.75 bits per heavy atom. The lowest BCUT2D eigenvalue weighted by atomic mass is 10.2. The number of epoxide rings is 1. The van der Waals surface area contributed by atoms with Crippen LogP contribution in [0.3, 0.4) is 0 Å². The van der Waals surface area contributed by atoms with Crippen LogP contribution < -0.4 is 0 Å². The van der Waals surface area contributed by atoms with Crippen LogP contribution in [-0.4, -0.2) is 12.8 Å². The third-order valence-corrected chi connectivity index (χ3v) is 1.50. The van der Waals surface area contributed by atoms with Crippen LogP contribution in [0.15, 0.2) is 30.3 Å². The number of carbonyl (C=O) groups excluding carboxylic acids is 2. The summed E-state index contributed by atoms with van der Waals surface area (Å²) >= 11 is 0. The minimum absolute atomic E-state index is 0.250. The van der Waals surface area contributed by atoms with Crippen molar-refractivity contribution >= 4 is 6.15 Å². The SMILES string of the molecule is O=C=O.c1ccc(C2CO2)cc1. The highest BCUT2D eigenvalue weighted by Crippen LogP contribution is 2.28. The molecule has 1 aromatic rings. The Morgan fingerprint density at radius 3 is 2.17 bits per heavy atom. The first-order valence-electron chi connectivity index (χ1n) is 3.54. The summed E-state index contributed by atoms with van der Waals surface area (Å²) in [6, 6.07) is 10.3. The van der Waals surface area contributed by atoms with E-state index in [-0.39, 0.29) is 6.15 Å². The van der Waals surface area contributed by atoms with Gasteiger partial charge >= 0.3 is 6.15 Å². The lowest BCUT2D eigenvalue weighted by Gasteiger charge is -1.89. The summed E-state index contributed by atoms with van der Waals surface area (Å²) in [6.07, 6.45) is 0.659. The Balaban J connectivity index is 0.000000213. The predicted octanol–water partition coefficient (Wildman–Crippen LogP) is 1.17. The first-order chi connectivity index (χ1) is 5.88. The molecule has 62 valence electrons. The second-order valence-corrected chi connectivity index (χ2v) is 2.32. The van der Waals surface area contributed by atoms with Crippen molar-refractivity contribution in [3.05, 3.63) is 35.9 Å². The maximum Gasteiger partial charge on any atom is 0.373 e. The van der Waals surface area contributed by atoms with Gasteiger partial charge in [0.15, 0.2) is 0 Å². The van der Waals surface area contributed by atoms with Crippen molar-refractivity contribution in [3.8, 4) is 0 Å². The predicted molar refractivity (Wildman–Crippen MR) is 40.1 cm³/mol. The monoisotopic (exact) mass is 164 g/mol. The van der Waals surface area contributed by atoms with Gasteiger partial charge in [0.05, 0.1) is 6.61 Å². The maximum atomic E-state index is 8.12. The van der Waals surface area contributed by atoms with Crippen LogP contribution in [0.4, 0.5) is 0 Å². The second-order valence-electron chi connectivity index (χ2n) is 2.32. The van der Waals surface area contributed by atoms with Crippen LogP contribution >= 0.6 is 0 Å². The smallest absolute Gasteiger partial charge is 0.368 e. The Bertz CT molecular complexity index is 258. The van der Waals surface area contributed by atoms with Crippen LogP contribution in [0, 0.1) is 0 Å². The van der Waals surface area contributed by atoms with Crippen LogP contribution in [0.2, 0.25) is 0 Å². The molecule has 1 aliphatic rings. The highest BCUT2D eigenvalue weighted by atomic mass is 16.6. The van der Waals surface area contributed by atoms with Crippen molar-refractivity contribution in [1.82, 2.24) is 0 Å². The topological polar surface area (TPSA) is 46.7 Å². The number of benzene rings is 1. The molecule has 1 aromatic carbocycles. The summed E-state index contributed by atoms with van der Waals surface area (Å²) in [7, 11) is 0. The Morgan fingerprint density at radius 1 is 1.25 bits per heavy atom. The van der Waals surface area contributed by atoms with E-state index in [2.05, 4.69) is 12.1 Å². The van der Waals surface area contributed by atoms with E-state index in [1.54, 1.807) is 0 Å². The number of hydrogen-bond donors (Lipinski definition) is 0. The zero-order valence-electron chi connectivity index (χ0n) is 6.40. The fraction of sp³-hybridized carbons (Fsp3) is 0.222. The Hall–Kier alpha value is -1.44. The molecule has 1 atom stereocenters. The maximum absolute atomic E-state index is 8.12. The number of hydrogen-bond acceptors (Lipinski definition) is 3. The number of rotatable bonds is 1. The lowest BCUT2D eigenvalue weighted by Crippen LogP contribution is -1.75. The highest BCUT2D eigenvalue weighted by molar-refractivity contribution is 5.20. The van der Waals surface area contributed by atoms with Crippen molar-refractivity contribution in [2.75, 3.05) is 6.61 Å². The van der Waals surface area contributed by atoms with E-state index in [1.807, 2.05) is 18.2 Å². The van der Waals surface area contributed by atoms with Crippen molar-refractivity contribution in [2.45, 2.75) is 6.10 Å². The molecule has 0 saturated carbocycles. The second kappa shape index (κ2) is 4.44. The molecule has 1 heterocycles. The summed E-state index contributed by atoms with van der Waals surface area (Å²) in [6.45, 7) is 0.907. The molecule has 2 rings (SSSR count). The van der Waals surface area contributed by atoms with Crippen LogP contribution in [0.5, 0.6) is 0 Å². The van der Waals surface area contributed by atoms with Gasteiger partial charge in [-0.2, -0.15) is 9.59 Å². The summed E-state index contributed by atoms with van der Waals surface area (Å²) < 4.78 is 5.09. The molecule has 0 bridgehead atoms. The van der Waals surface area contributed by atoms with Gasteiger partial charge in [-0.25, -0.2) is 0 Å². The Kier molecular flexibility index (Phi) is 3.20. The third-order valence-electron chi connectivity index (χ3n) is 1.50. The first-order valence-corrected chi connectivity index (χ1v) is 3.54. The van der Waals surface area contributed by atoms with Gasteiger partial charge in [0.1, 0.15) is 6.10 Å². The van der Waals surface area contributed by atoms with E-state index in [9.17, 15) is 0 Å². The molecule has 3 heteroatoms. The molecular weight excluding hydrogens is 156 g/mol. The summed E-state index contributed by atoms with van der Waals surface area (Å²) in [5.41, 5.74) is 1.30. The normalized spacial score (nSPS) is 18.5. The van der Waals surface area contributed by atoms with E-state index in [0.29, 0.717) is 6.10 Å². The summed E-state index contributed by atoms with van der Waals surface area (Å²) in [5, 5.41) is 0. The summed E-state index contributed by atoms with van der Waals surface area (Å²) in [5.74, 6) is 0. The van der Waals surface area contributed by atoms with Gasteiger partial charge in [0.25, 0.3) is 0 Å². The van der Waals surface area contributed by atoms with Gasteiger partial charge in [-0.3, -0.25) is 0 Å². The minimum atomic E-state index is 0.250. The average Bonchev–Trinajstić information content (AvgIpc) is 2.90. The van der Waals surface area contributed by atoms with E-state index in [1.165, 1.54) is 5.56 Å². The quantitative estimate of drug-likeness (QED) is 0.585. The van der Waals surface area contributed by atoms with Gasteiger partial charge in [0.2, 0.25) is 0 Å². The molecule has 1 aliphatic heterocycles. The fourth-order valence-corrected chi connectivity index (χ4v) is 0.908. The van der Waals surface area contributed by atoms with Gasteiger partial charge in [-0.1, -0.05) is 30.3 Å². The highest BCUT2D eigenvalue weighted by Gasteiger charge is 2.23. The zero-order chi connectivity index (χ0) is 8.81. The third kappa shape index (κ3) is 2.66. The molecule has 0 aromatic heterocycles. The Labute approximate surface area is 70.0 Å². The van der Waals surface area contributed by atoms with Crippen LogP contribution in [0.25, 0.3) is 0 Å². The average molecular weight is 164 g/mol. The number of ether oxygens (including phenoxy) is 1. The molecular formula is C9H8O3. The molecule has 0 spiro atoms. The largest absolute Gasteiger partial charge is 0.373 e. The molecule has 0 amide bonds. The zero-order valence-corrected chi connectivity index (χ0v) is 6.40. The summed E-state index contributed by atoms with van der Waals surface area (Å²) in [4.78, 5) is 16.2. The molecule has 0 N–H and O–H groups in total. The van der Waals surface area contributed by atoms with E-state index in [0.717, 1.165) is 6.61 Å². The molecule has 0 aliphatic carbocycles. The van der Waals surface area contributed by atoms with E-state index < -0.39 is 0 Å². The van der Waals surface area contributed by atoms with E-state index in [4.69, 9.17) is 14.3 Å².